The minimum absolute atomic E-state index is 0.163. The molecule has 0 spiro atoms. The molecule has 1 fully saturated rings. The molecule has 1 heterocycles. The van der Waals surface area contributed by atoms with Gasteiger partial charge in [0.2, 0.25) is 0 Å². The largest absolute Gasteiger partial charge is 0.481 e. The monoisotopic (exact) mass is 297 g/mol. The molecule has 0 aromatic carbocycles. The molecule has 0 saturated heterocycles. The predicted octanol–water partition coefficient (Wildman–Crippen LogP) is 1.37. The number of carboxylic acid groups (broad SMARTS) is 1. The van der Waals surface area contributed by atoms with E-state index in [9.17, 15) is 14.7 Å². The zero-order chi connectivity index (χ0) is 14.6. The van der Waals surface area contributed by atoms with E-state index in [1.807, 2.05) is 0 Å². The van der Waals surface area contributed by atoms with E-state index in [-0.39, 0.29) is 12.5 Å². The van der Waals surface area contributed by atoms with Crippen molar-refractivity contribution >= 4 is 23.2 Å². The third-order valence-electron chi connectivity index (χ3n) is 3.81. The van der Waals surface area contributed by atoms with Crippen LogP contribution in [-0.2, 0) is 11.3 Å². The van der Waals surface area contributed by atoms with Gasteiger partial charge in [-0.25, -0.2) is 4.98 Å². The number of carbonyl (C=O) groups excluding carboxylic acids is 1. The summed E-state index contributed by atoms with van der Waals surface area (Å²) in [6.07, 6.45) is 4.10. The second-order valence-corrected chi connectivity index (χ2v) is 6.10. The summed E-state index contributed by atoms with van der Waals surface area (Å²) in [5, 5.41) is 14.5. The summed E-state index contributed by atoms with van der Waals surface area (Å²) in [7, 11) is 0. The molecule has 0 bridgehead atoms. The molecule has 1 aliphatic rings. The van der Waals surface area contributed by atoms with Crippen molar-refractivity contribution in [1.82, 2.24) is 10.3 Å². The average molecular weight is 297 g/mol. The van der Waals surface area contributed by atoms with Crippen molar-refractivity contribution < 1.29 is 14.7 Å². The van der Waals surface area contributed by atoms with Gasteiger partial charge in [-0.2, -0.15) is 0 Å². The van der Waals surface area contributed by atoms with E-state index >= 15 is 0 Å². The zero-order valence-electron chi connectivity index (χ0n) is 11.2. The third kappa shape index (κ3) is 3.16. The number of nitrogens with zero attached hydrogens (tertiary/aromatic N) is 1. The lowest BCUT2D eigenvalue weighted by atomic mass is 9.74. The lowest BCUT2D eigenvalue weighted by molar-refractivity contribution is -0.150. The highest BCUT2D eigenvalue weighted by Gasteiger charge is 2.39. The second kappa shape index (κ2) is 6.32. The number of aliphatic carboxylic acids is 1. The molecular weight excluding hydrogens is 278 g/mol. The number of hydrogen-bond donors (Lipinski definition) is 3. The Morgan fingerprint density at radius 2 is 2.10 bits per heavy atom. The molecule has 4 N–H and O–H groups in total. The van der Waals surface area contributed by atoms with E-state index < -0.39 is 11.4 Å². The van der Waals surface area contributed by atoms with Gasteiger partial charge in [-0.05, 0) is 12.8 Å². The number of carboxylic acids is 1. The van der Waals surface area contributed by atoms with E-state index in [1.54, 1.807) is 5.38 Å². The fourth-order valence-corrected chi connectivity index (χ4v) is 3.20. The zero-order valence-corrected chi connectivity index (χ0v) is 12.0. The van der Waals surface area contributed by atoms with Crippen molar-refractivity contribution in [2.75, 3.05) is 6.54 Å². The van der Waals surface area contributed by atoms with Crippen LogP contribution in [-0.4, -0.2) is 28.5 Å². The van der Waals surface area contributed by atoms with Crippen LogP contribution in [0.5, 0.6) is 0 Å². The molecule has 0 atom stereocenters. The molecule has 1 aromatic heterocycles. The van der Waals surface area contributed by atoms with Crippen molar-refractivity contribution in [3.05, 3.63) is 16.1 Å². The van der Waals surface area contributed by atoms with Crippen molar-refractivity contribution in [1.29, 1.82) is 0 Å². The minimum atomic E-state index is -0.821. The van der Waals surface area contributed by atoms with E-state index in [0.29, 0.717) is 30.1 Å². The number of hydrogen-bond acceptors (Lipinski definition) is 5. The first-order chi connectivity index (χ1) is 9.57. The number of thiazole rings is 1. The van der Waals surface area contributed by atoms with Crippen molar-refractivity contribution in [3.8, 4) is 0 Å². The van der Waals surface area contributed by atoms with Gasteiger partial charge in [-0.3, -0.25) is 9.59 Å². The standard InChI is InChI=1S/C13H19N3O3S/c14-6-10-16-9(7-20-10)11(17)15-8-13(12(18)19)4-2-1-3-5-13/h7H,1-6,8,14H2,(H,15,17)(H,18,19). The van der Waals surface area contributed by atoms with Crippen molar-refractivity contribution in [2.45, 2.75) is 38.6 Å². The fraction of sp³-hybridized carbons (Fsp3) is 0.615. The normalized spacial score (nSPS) is 17.6. The van der Waals surface area contributed by atoms with Crippen LogP contribution in [0.15, 0.2) is 5.38 Å². The van der Waals surface area contributed by atoms with Crippen molar-refractivity contribution in [2.24, 2.45) is 11.1 Å². The molecule has 0 radical (unpaired) electrons. The maximum absolute atomic E-state index is 12.0. The van der Waals surface area contributed by atoms with Crippen LogP contribution in [0.3, 0.4) is 0 Å². The summed E-state index contributed by atoms with van der Waals surface area (Å²) in [6, 6.07) is 0. The van der Waals surface area contributed by atoms with Crippen LogP contribution in [0.25, 0.3) is 0 Å². The predicted molar refractivity (Wildman–Crippen MR) is 75.5 cm³/mol. The van der Waals surface area contributed by atoms with Gasteiger partial charge in [-0.15, -0.1) is 11.3 Å². The fourth-order valence-electron chi connectivity index (χ4n) is 2.54. The summed E-state index contributed by atoms with van der Waals surface area (Å²) in [5.41, 5.74) is 4.95. The summed E-state index contributed by atoms with van der Waals surface area (Å²) in [4.78, 5) is 27.6. The van der Waals surface area contributed by atoms with E-state index in [2.05, 4.69) is 10.3 Å². The second-order valence-electron chi connectivity index (χ2n) is 5.16. The van der Waals surface area contributed by atoms with Gasteiger partial charge in [0, 0.05) is 18.5 Å². The molecule has 1 saturated carbocycles. The Kier molecular flexibility index (Phi) is 4.72. The van der Waals surface area contributed by atoms with Gasteiger partial charge in [0.1, 0.15) is 10.7 Å². The molecule has 2 rings (SSSR count). The minimum Gasteiger partial charge on any atom is -0.481 e. The molecule has 1 amide bonds. The molecule has 0 unspecified atom stereocenters. The van der Waals surface area contributed by atoms with Gasteiger partial charge >= 0.3 is 5.97 Å². The number of rotatable bonds is 5. The first-order valence-electron chi connectivity index (χ1n) is 6.73. The molecule has 6 nitrogen and oxygen atoms in total. The van der Waals surface area contributed by atoms with Gasteiger partial charge < -0.3 is 16.2 Å². The van der Waals surface area contributed by atoms with Gasteiger partial charge in [0.25, 0.3) is 5.91 Å². The quantitative estimate of drug-likeness (QED) is 0.761. The van der Waals surface area contributed by atoms with Gasteiger partial charge in [0.05, 0.1) is 5.41 Å². The SMILES string of the molecule is NCc1nc(C(=O)NCC2(C(=O)O)CCCCC2)cs1. The number of nitrogens with one attached hydrogen (secondary N) is 1. The highest BCUT2D eigenvalue weighted by molar-refractivity contribution is 7.09. The smallest absolute Gasteiger partial charge is 0.311 e. The summed E-state index contributed by atoms with van der Waals surface area (Å²) in [6.45, 7) is 0.466. The maximum atomic E-state index is 12.0. The first-order valence-corrected chi connectivity index (χ1v) is 7.61. The molecule has 0 aliphatic heterocycles. The van der Waals surface area contributed by atoms with E-state index in [4.69, 9.17) is 5.73 Å². The molecule has 110 valence electrons. The van der Waals surface area contributed by atoms with E-state index in [0.717, 1.165) is 19.3 Å². The average Bonchev–Trinajstić information content (AvgIpc) is 2.94. The molecule has 1 aliphatic carbocycles. The summed E-state index contributed by atoms with van der Waals surface area (Å²) >= 11 is 1.33. The highest BCUT2D eigenvalue weighted by Crippen LogP contribution is 2.36. The van der Waals surface area contributed by atoms with Gasteiger partial charge in [-0.1, -0.05) is 19.3 Å². The maximum Gasteiger partial charge on any atom is 0.311 e. The molecule has 20 heavy (non-hydrogen) atoms. The lowest BCUT2D eigenvalue weighted by Crippen LogP contribution is -2.44. The first kappa shape index (κ1) is 14.9. The lowest BCUT2D eigenvalue weighted by Gasteiger charge is -2.33. The third-order valence-corrected chi connectivity index (χ3v) is 4.68. The van der Waals surface area contributed by atoms with Gasteiger partial charge in [0.15, 0.2) is 0 Å². The number of amides is 1. The highest BCUT2D eigenvalue weighted by atomic mass is 32.1. The van der Waals surface area contributed by atoms with Crippen molar-refractivity contribution in [3.63, 3.8) is 0 Å². The summed E-state index contributed by atoms with van der Waals surface area (Å²) in [5.74, 6) is -1.15. The molecule has 1 aromatic rings. The Morgan fingerprint density at radius 1 is 1.40 bits per heavy atom. The van der Waals surface area contributed by atoms with E-state index in [1.165, 1.54) is 11.3 Å². The molecule has 7 heteroatoms. The van der Waals surface area contributed by atoms with Crippen LogP contribution >= 0.6 is 11.3 Å². The molecular formula is C13H19N3O3S. The summed E-state index contributed by atoms with van der Waals surface area (Å²) < 4.78 is 0. The topological polar surface area (TPSA) is 105 Å². The number of aromatic nitrogens is 1. The Labute approximate surface area is 121 Å². The van der Waals surface area contributed by atoms with Crippen LogP contribution in [0.4, 0.5) is 0 Å². The Morgan fingerprint density at radius 3 is 2.65 bits per heavy atom. The van der Waals surface area contributed by atoms with Crippen LogP contribution in [0.1, 0.15) is 47.6 Å². The Bertz CT molecular complexity index is 495. The number of nitrogens with two attached hydrogens (primary N) is 1. The Balaban J connectivity index is 1.98. The van der Waals surface area contributed by atoms with Crippen LogP contribution in [0, 0.1) is 5.41 Å². The number of carbonyl (C=O) groups is 2. The van der Waals surface area contributed by atoms with Crippen LogP contribution in [0.2, 0.25) is 0 Å². The van der Waals surface area contributed by atoms with Crippen LogP contribution < -0.4 is 11.1 Å². The Hall–Kier alpha value is -1.47.